The van der Waals surface area contributed by atoms with Crippen LogP contribution < -0.4 is 21.3 Å². The van der Waals surface area contributed by atoms with Crippen LogP contribution in [0.15, 0.2) is 0 Å². The molecular weight excluding hydrogens is 486 g/mol. The van der Waals surface area contributed by atoms with Gasteiger partial charge in [-0.15, -0.1) is 0 Å². The molecule has 0 aromatic rings. The first-order valence-electron chi connectivity index (χ1n) is 11.9. The average Bonchev–Trinajstić information content (AvgIpc) is 3.64. The van der Waals surface area contributed by atoms with Gasteiger partial charge in [-0.3, -0.25) is 19.2 Å². The largest absolute Gasteiger partial charge is 0.471 e. The van der Waals surface area contributed by atoms with Gasteiger partial charge >= 0.3 is 12.1 Å². The maximum absolute atomic E-state index is 14.6. The van der Waals surface area contributed by atoms with E-state index in [1.54, 1.807) is 5.32 Å². The molecule has 0 bridgehead atoms. The van der Waals surface area contributed by atoms with Crippen molar-refractivity contribution in [3.05, 3.63) is 0 Å². The summed E-state index contributed by atoms with van der Waals surface area (Å²) in [6.07, 6.45) is -3.11. The fourth-order valence-corrected chi connectivity index (χ4v) is 4.41. The van der Waals surface area contributed by atoms with Crippen molar-refractivity contribution in [3.8, 4) is 6.07 Å². The zero-order valence-electron chi connectivity index (χ0n) is 20.4. The number of rotatable bonds is 9. The highest BCUT2D eigenvalue weighted by Gasteiger charge is 2.53. The monoisotopic (exact) mass is 517 g/mol. The summed E-state index contributed by atoms with van der Waals surface area (Å²) in [5, 5.41) is 18.8. The van der Waals surface area contributed by atoms with Crippen LogP contribution in [0.5, 0.6) is 0 Å². The van der Waals surface area contributed by atoms with Crippen molar-refractivity contribution >= 4 is 23.6 Å². The molecule has 0 unspecified atom stereocenters. The third-order valence-electron chi connectivity index (χ3n) is 6.90. The van der Waals surface area contributed by atoms with E-state index in [-0.39, 0.29) is 30.7 Å². The van der Waals surface area contributed by atoms with Gasteiger partial charge in [0.15, 0.2) is 0 Å². The lowest BCUT2D eigenvalue weighted by Gasteiger charge is -2.32. The highest BCUT2D eigenvalue weighted by atomic mass is 19.4. The van der Waals surface area contributed by atoms with E-state index in [4.69, 9.17) is 0 Å². The molecule has 0 aromatic carbocycles. The van der Waals surface area contributed by atoms with E-state index in [2.05, 4.69) is 16.0 Å². The number of carbonyl (C=O) groups excluding carboxylic acids is 4. The first kappa shape index (κ1) is 27.7. The lowest BCUT2D eigenvalue weighted by atomic mass is 9.85. The van der Waals surface area contributed by atoms with Crippen molar-refractivity contribution in [2.75, 3.05) is 0 Å². The standard InChI is InChI=1S/C23H31F4N5O4/c1-20(2,3)15(31-19(36)23(25,26)27)18(35)30-14(10-21(24)4-5-21)17(34)29-13(11-28)8-12-9-22(6-7-22)32-16(12)33/h12-15H,4-10H2,1-3H3,(H,29,34)(H,30,35)(H,31,36)(H,32,33)/t12-,13+,14+,15-/m1/s1. The molecule has 1 heterocycles. The Kier molecular flexibility index (Phi) is 7.32. The topological polar surface area (TPSA) is 140 Å². The smallest absolute Gasteiger partial charge is 0.350 e. The van der Waals surface area contributed by atoms with Gasteiger partial charge in [0.05, 0.1) is 6.07 Å². The number of hydrogen-bond donors (Lipinski definition) is 4. The molecule has 1 aliphatic heterocycles. The van der Waals surface area contributed by atoms with Crippen LogP contribution in [0.2, 0.25) is 0 Å². The first-order valence-corrected chi connectivity index (χ1v) is 11.9. The fourth-order valence-electron chi connectivity index (χ4n) is 4.41. The van der Waals surface area contributed by atoms with Crippen molar-refractivity contribution in [2.24, 2.45) is 11.3 Å². The highest BCUT2D eigenvalue weighted by Crippen LogP contribution is 2.46. The number of nitrogens with zero attached hydrogens (tertiary/aromatic N) is 1. The van der Waals surface area contributed by atoms with Crippen molar-refractivity contribution in [3.63, 3.8) is 0 Å². The molecule has 9 nitrogen and oxygen atoms in total. The Bertz CT molecular complexity index is 963. The van der Waals surface area contributed by atoms with E-state index in [9.17, 15) is 42.0 Å². The molecule has 1 spiro atoms. The second-order valence-electron chi connectivity index (χ2n) is 11.3. The first-order chi connectivity index (χ1) is 16.5. The molecule has 4 amide bonds. The van der Waals surface area contributed by atoms with E-state index in [1.807, 2.05) is 6.07 Å². The molecule has 2 saturated carbocycles. The molecule has 3 rings (SSSR count). The SMILES string of the molecule is CC(C)(C)[C@H](NC(=O)C(F)(F)F)C(=O)N[C@@H](CC1(F)CC1)C(=O)N[C@H](C#N)C[C@@H]1CC2(CC2)NC1=O. The van der Waals surface area contributed by atoms with Gasteiger partial charge in [-0.25, -0.2) is 4.39 Å². The summed E-state index contributed by atoms with van der Waals surface area (Å²) >= 11 is 0. The lowest BCUT2D eigenvalue weighted by molar-refractivity contribution is -0.175. The zero-order valence-corrected chi connectivity index (χ0v) is 20.4. The van der Waals surface area contributed by atoms with E-state index in [1.165, 1.54) is 20.8 Å². The Labute approximate surface area is 206 Å². The minimum atomic E-state index is -5.23. The molecule has 0 radical (unpaired) electrons. The van der Waals surface area contributed by atoms with Crippen molar-refractivity contribution in [1.29, 1.82) is 5.26 Å². The van der Waals surface area contributed by atoms with E-state index >= 15 is 0 Å². The van der Waals surface area contributed by atoms with Crippen LogP contribution >= 0.6 is 0 Å². The molecule has 3 fully saturated rings. The van der Waals surface area contributed by atoms with Crippen LogP contribution in [-0.4, -0.2) is 59.1 Å². The van der Waals surface area contributed by atoms with Crippen molar-refractivity contribution in [1.82, 2.24) is 21.3 Å². The Morgan fingerprint density at radius 1 is 1.08 bits per heavy atom. The third-order valence-corrected chi connectivity index (χ3v) is 6.90. The Morgan fingerprint density at radius 2 is 1.69 bits per heavy atom. The van der Waals surface area contributed by atoms with Gasteiger partial charge in [-0.2, -0.15) is 18.4 Å². The average molecular weight is 518 g/mol. The predicted octanol–water partition coefficient (Wildman–Crippen LogP) is 1.52. The Hall–Kier alpha value is -2.91. The van der Waals surface area contributed by atoms with Gasteiger partial charge in [0.2, 0.25) is 17.7 Å². The van der Waals surface area contributed by atoms with Gasteiger partial charge in [0.25, 0.3) is 0 Å². The summed E-state index contributed by atoms with van der Waals surface area (Å²) in [7, 11) is 0. The summed E-state index contributed by atoms with van der Waals surface area (Å²) in [4.78, 5) is 49.6. The minimum Gasteiger partial charge on any atom is -0.350 e. The van der Waals surface area contributed by atoms with Crippen molar-refractivity contribution < 1.29 is 36.7 Å². The maximum Gasteiger partial charge on any atom is 0.471 e. The lowest BCUT2D eigenvalue weighted by Crippen LogP contribution is -2.60. The summed E-state index contributed by atoms with van der Waals surface area (Å²) in [6, 6.07) is -2.37. The number of amides is 4. The fraction of sp³-hybridized carbons (Fsp3) is 0.783. The molecule has 200 valence electrons. The van der Waals surface area contributed by atoms with Crippen molar-refractivity contribution in [2.45, 2.75) is 101 Å². The number of alkyl halides is 4. The quantitative estimate of drug-likeness (QED) is 0.344. The molecule has 4 atom stereocenters. The maximum atomic E-state index is 14.6. The number of nitriles is 1. The van der Waals surface area contributed by atoms with Crippen LogP contribution in [0.1, 0.15) is 65.7 Å². The van der Waals surface area contributed by atoms with Gasteiger partial charge in [-0.1, -0.05) is 20.8 Å². The normalized spacial score (nSPS) is 24.1. The number of nitrogens with one attached hydrogen (secondary N) is 4. The Balaban J connectivity index is 1.69. The van der Waals surface area contributed by atoms with Gasteiger partial charge in [0, 0.05) is 17.9 Å². The van der Waals surface area contributed by atoms with E-state index < -0.39 is 65.4 Å². The molecular formula is C23H31F4N5O4. The summed E-state index contributed by atoms with van der Waals surface area (Å²) in [5.41, 5.74) is -3.13. The van der Waals surface area contributed by atoms with Crippen LogP contribution in [-0.2, 0) is 19.2 Å². The van der Waals surface area contributed by atoms with Crippen LogP contribution in [0.3, 0.4) is 0 Å². The number of hydrogen-bond acceptors (Lipinski definition) is 5. The molecule has 1 saturated heterocycles. The highest BCUT2D eigenvalue weighted by molar-refractivity contribution is 5.93. The van der Waals surface area contributed by atoms with E-state index in [0.717, 1.165) is 12.8 Å². The van der Waals surface area contributed by atoms with Crippen LogP contribution in [0, 0.1) is 22.7 Å². The summed E-state index contributed by atoms with van der Waals surface area (Å²) in [5.74, 6) is -5.00. The molecule has 2 aliphatic carbocycles. The molecule has 4 N–H and O–H groups in total. The number of carbonyl (C=O) groups is 4. The summed E-state index contributed by atoms with van der Waals surface area (Å²) < 4.78 is 53.0. The second kappa shape index (κ2) is 9.52. The minimum absolute atomic E-state index is 0.0313. The molecule has 13 heteroatoms. The molecule has 3 aliphatic rings. The summed E-state index contributed by atoms with van der Waals surface area (Å²) in [6.45, 7) is 4.27. The van der Waals surface area contributed by atoms with Gasteiger partial charge in [0.1, 0.15) is 23.8 Å². The third kappa shape index (κ3) is 6.85. The van der Waals surface area contributed by atoms with Gasteiger partial charge < -0.3 is 21.3 Å². The van der Waals surface area contributed by atoms with Crippen LogP contribution in [0.25, 0.3) is 0 Å². The van der Waals surface area contributed by atoms with E-state index in [0.29, 0.717) is 6.42 Å². The zero-order chi connectivity index (χ0) is 27.1. The Morgan fingerprint density at radius 3 is 2.14 bits per heavy atom. The molecule has 36 heavy (non-hydrogen) atoms. The molecule has 0 aromatic heterocycles. The number of halogens is 4. The van der Waals surface area contributed by atoms with Gasteiger partial charge in [-0.05, 0) is 43.9 Å². The second-order valence-corrected chi connectivity index (χ2v) is 11.3. The van der Waals surface area contributed by atoms with Crippen LogP contribution in [0.4, 0.5) is 17.6 Å². The predicted molar refractivity (Wildman–Crippen MR) is 117 cm³/mol.